The van der Waals surface area contributed by atoms with Crippen molar-refractivity contribution in [3.63, 3.8) is 0 Å². The first-order valence-corrected chi connectivity index (χ1v) is 4.64. The fourth-order valence-corrected chi connectivity index (χ4v) is 1.26. The van der Waals surface area contributed by atoms with E-state index in [0.717, 1.165) is 13.2 Å². The average Bonchev–Trinajstić information content (AvgIpc) is 2.27. The number of hydrogen-bond acceptors (Lipinski definition) is 2. The molecule has 0 radical (unpaired) electrons. The van der Waals surface area contributed by atoms with Gasteiger partial charge in [-0.15, -0.1) is 0 Å². The second-order valence-corrected chi connectivity index (χ2v) is 3.49. The number of methoxy groups -OCH3 is 1. The van der Waals surface area contributed by atoms with Gasteiger partial charge in [-0.1, -0.05) is 0 Å². The molecule has 18 heavy (non-hydrogen) atoms. The normalized spacial score (nSPS) is 14.4. The molecule has 0 fully saturated rings. The maximum Gasteiger partial charge on any atom is 0.455 e. The molecule has 0 aromatic heterocycles. The SMILES string of the molecule is COc1ccc(F)c([C@H](N)C(F)(F)C(F)(F)F)c1. The van der Waals surface area contributed by atoms with Crippen molar-refractivity contribution >= 4 is 0 Å². The first-order chi connectivity index (χ1) is 8.11. The zero-order valence-corrected chi connectivity index (χ0v) is 9.06. The standard InChI is InChI=1S/C10H9F6NO/c1-18-5-2-3-7(11)6(4-5)8(17)9(12,13)10(14,15)16/h2-4,8H,17H2,1H3/t8-/m0/s1. The monoisotopic (exact) mass is 273 g/mol. The summed E-state index contributed by atoms with van der Waals surface area (Å²) in [6.07, 6.45) is -5.86. The first kappa shape index (κ1) is 14.6. The molecule has 2 N–H and O–H groups in total. The summed E-state index contributed by atoms with van der Waals surface area (Å²) in [5.74, 6) is -6.56. The predicted octanol–water partition coefficient (Wildman–Crippen LogP) is 3.03. The Morgan fingerprint density at radius 2 is 1.72 bits per heavy atom. The zero-order valence-electron chi connectivity index (χ0n) is 9.06. The van der Waals surface area contributed by atoms with E-state index in [1.54, 1.807) is 0 Å². The minimum absolute atomic E-state index is 0.0696. The molecule has 0 aliphatic rings. The van der Waals surface area contributed by atoms with Gasteiger partial charge in [0.2, 0.25) is 0 Å². The Morgan fingerprint density at radius 1 is 1.17 bits per heavy atom. The molecule has 0 aliphatic heterocycles. The summed E-state index contributed by atoms with van der Waals surface area (Å²) in [5.41, 5.74) is 3.86. The number of alkyl halides is 5. The molecule has 0 aliphatic carbocycles. The predicted molar refractivity (Wildman–Crippen MR) is 50.9 cm³/mol. The van der Waals surface area contributed by atoms with Crippen LogP contribution in [0, 0.1) is 5.82 Å². The zero-order chi connectivity index (χ0) is 14.1. The van der Waals surface area contributed by atoms with Gasteiger partial charge >= 0.3 is 12.1 Å². The smallest absolute Gasteiger partial charge is 0.455 e. The van der Waals surface area contributed by atoms with Gasteiger partial charge in [-0.3, -0.25) is 0 Å². The molecule has 0 spiro atoms. The second kappa shape index (κ2) is 4.68. The van der Waals surface area contributed by atoms with Crippen LogP contribution in [0.1, 0.15) is 11.6 Å². The van der Waals surface area contributed by atoms with E-state index in [1.165, 1.54) is 0 Å². The highest BCUT2D eigenvalue weighted by Gasteiger charge is 2.62. The van der Waals surface area contributed by atoms with E-state index < -0.39 is 29.5 Å². The largest absolute Gasteiger partial charge is 0.497 e. The average molecular weight is 273 g/mol. The second-order valence-electron chi connectivity index (χ2n) is 3.49. The molecule has 0 amide bonds. The van der Waals surface area contributed by atoms with E-state index in [-0.39, 0.29) is 5.75 Å². The maximum absolute atomic E-state index is 13.2. The summed E-state index contributed by atoms with van der Waals surface area (Å²) in [4.78, 5) is 0. The number of hydrogen-bond donors (Lipinski definition) is 1. The number of ether oxygens (including phenoxy) is 1. The lowest BCUT2D eigenvalue weighted by Crippen LogP contribution is -2.46. The van der Waals surface area contributed by atoms with Gasteiger partial charge in [0.1, 0.15) is 17.6 Å². The van der Waals surface area contributed by atoms with Crippen molar-refractivity contribution in [1.82, 2.24) is 0 Å². The van der Waals surface area contributed by atoms with Gasteiger partial charge in [0, 0.05) is 5.56 Å². The molecule has 0 bridgehead atoms. The Hall–Kier alpha value is -1.44. The van der Waals surface area contributed by atoms with Gasteiger partial charge in [-0.05, 0) is 18.2 Å². The molecule has 1 rings (SSSR count). The van der Waals surface area contributed by atoms with Crippen molar-refractivity contribution in [1.29, 1.82) is 0 Å². The van der Waals surface area contributed by atoms with E-state index in [4.69, 9.17) is 5.73 Å². The van der Waals surface area contributed by atoms with Crippen LogP contribution in [-0.4, -0.2) is 19.2 Å². The third kappa shape index (κ3) is 2.53. The molecule has 0 saturated heterocycles. The Labute approximate surface area is 98.3 Å². The van der Waals surface area contributed by atoms with E-state index in [9.17, 15) is 26.3 Å². The van der Waals surface area contributed by atoms with E-state index >= 15 is 0 Å². The highest BCUT2D eigenvalue weighted by atomic mass is 19.4. The van der Waals surface area contributed by atoms with Crippen molar-refractivity contribution in [3.8, 4) is 5.75 Å². The lowest BCUT2D eigenvalue weighted by Gasteiger charge is -2.26. The number of benzene rings is 1. The minimum atomic E-state index is -5.86. The minimum Gasteiger partial charge on any atom is -0.497 e. The third-order valence-corrected chi connectivity index (χ3v) is 2.31. The Balaban J connectivity index is 3.22. The highest BCUT2D eigenvalue weighted by Crippen LogP contribution is 2.44. The van der Waals surface area contributed by atoms with Gasteiger partial charge < -0.3 is 10.5 Å². The maximum atomic E-state index is 13.2. The number of halogens is 6. The van der Waals surface area contributed by atoms with Crippen LogP contribution in [0.4, 0.5) is 26.3 Å². The van der Waals surface area contributed by atoms with Crippen molar-refractivity contribution < 1.29 is 31.1 Å². The van der Waals surface area contributed by atoms with Crippen LogP contribution in [0.3, 0.4) is 0 Å². The Bertz CT molecular complexity index is 431. The molecule has 0 unspecified atom stereocenters. The molecule has 8 heteroatoms. The van der Waals surface area contributed by atoms with Crippen molar-refractivity contribution in [2.45, 2.75) is 18.1 Å². The first-order valence-electron chi connectivity index (χ1n) is 4.64. The topological polar surface area (TPSA) is 35.2 Å². The van der Waals surface area contributed by atoms with Gasteiger partial charge in [-0.2, -0.15) is 22.0 Å². The lowest BCUT2D eigenvalue weighted by molar-refractivity contribution is -0.291. The molecule has 102 valence electrons. The van der Waals surface area contributed by atoms with Gasteiger partial charge in [-0.25, -0.2) is 4.39 Å². The quantitative estimate of drug-likeness (QED) is 0.859. The number of rotatable bonds is 3. The fraction of sp³-hybridized carbons (Fsp3) is 0.400. The van der Waals surface area contributed by atoms with E-state index in [0.29, 0.717) is 12.1 Å². The van der Waals surface area contributed by atoms with Crippen molar-refractivity contribution in [2.75, 3.05) is 7.11 Å². The van der Waals surface area contributed by atoms with Gasteiger partial charge in [0.15, 0.2) is 0 Å². The van der Waals surface area contributed by atoms with Crippen LogP contribution in [0.5, 0.6) is 5.75 Å². The van der Waals surface area contributed by atoms with Crippen LogP contribution >= 0.6 is 0 Å². The van der Waals surface area contributed by atoms with Crippen LogP contribution in [0.15, 0.2) is 18.2 Å². The highest BCUT2D eigenvalue weighted by molar-refractivity contribution is 5.33. The third-order valence-electron chi connectivity index (χ3n) is 2.31. The summed E-state index contributed by atoms with van der Waals surface area (Å²) >= 11 is 0. The van der Waals surface area contributed by atoms with Crippen LogP contribution in [0.2, 0.25) is 0 Å². The molecular weight excluding hydrogens is 264 g/mol. The van der Waals surface area contributed by atoms with Crippen LogP contribution in [-0.2, 0) is 0 Å². The Morgan fingerprint density at radius 3 is 2.17 bits per heavy atom. The van der Waals surface area contributed by atoms with Crippen LogP contribution < -0.4 is 10.5 Å². The summed E-state index contributed by atoms with van der Waals surface area (Å²) in [5, 5.41) is 0. The summed E-state index contributed by atoms with van der Waals surface area (Å²) in [6.45, 7) is 0. The van der Waals surface area contributed by atoms with Crippen molar-refractivity contribution in [3.05, 3.63) is 29.6 Å². The molecule has 1 atom stereocenters. The molecule has 0 saturated carbocycles. The van der Waals surface area contributed by atoms with Crippen molar-refractivity contribution in [2.24, 2.45) is 5.73 Å². The molecular formula is C10H9F6NO. The summed E-state index contributed by atoms with van der Waals surface area (Å²) in [7, 11) is 1.16. The molecule has 1 aromatic rings. The fourth-order valence-electron chi connectivity index (χ4n) is 1.26. The van der Waals surface area contributed by atoms with Crippen LogP contribution in [0.25, 0.3) is 0 Å². The summed E-state index contributed by atoms with van der Waals surface area (Å²) < 4.78 is 80.1. The Kier molecular flexibility index (Phi) is 3.80. The molecule has 2 nitrogen and oxygen atoms in total. The van der Waals surface area contributed by atoms with E-state index in [1.807, 2.05) is 0 Å². The lowest BCUT2D eigenvalue weighted by atomic mass is 10.00. The molecule has 1 aromatic carbocycles. The molecule has 0 heterocycles. The van der Waals surface area contributed by atoms with Gasteiger partial charge in [0.25, 0.3) is 0 Å². The summed E-state index contributed by atoms with van der Waals surface area (Å²) in [6, 6.07) is -0.343. The van der Waals surface area contributed by atoms with Gasteiger partial charge in [0.05, 0.1) is 7.11 Å². The van der Waals surface area contributed by atoms with E-state index in [2.05, 4.69) is 4.74 Å². The number of nitrogens with two attached hydrogens (primary N) is 1.